The fourth-order valence-corrected chi connectivity index (χ4v) is 7.69. The molecule has 3 heterocycles. The molecule has 0 unspecified atom stereocenters. The number of para-hydroxylation sites is 2. The molecule has 0 aliphatic heterocycles. The molecule has 0 bridgehead atoms. The fourth-order valence-electron chi connectivity index (χ4n) is 7.69. The Balaban J connectivity index is 1.19. The molecule has 0 radical (unpaired) electrons. The standard InChI is InChI=1S/C51H32N4O/c1-4-14-33(15-5-1)35-24-26-37(27-25-35)50-52-49(36-18-8-3-9-19-36)53-51(54-50)44-32-39(55-45-22-12-10-20-40(45)41-21-11-13-23-46(41)55)31-43-42-29-28-38(30-47(42)56-48(43)44)34-16-6-2-7-17-34/h1-32H/i2D,6D,7D,16D,17D. The molecule has 8 aromatic carbocycles. The quantitative estimate of drug-likeness (QED) is 0.172. The smallest absolute Gasteiger partial charge is 0.167 e. The highest BCUT2D eigenvalue weighted by molar-refractivity contribution is 6.13. The van der Waals surface area contributed by atoms with E-state index in [0.717, 1.165) is 60.5 Å². The number of aromatic nitrogens is 4. The van der Waals surface area contributed by atoms with E-state index in [-0.39, 0.29) is 17.6 Å². The molecule has 5 nitrogen and oxygen atoms in total. The van der Waals surface area contributed by atoms with Crippen LogP contribution >= 0.6 is 0 Å². The van der Waals surface area contributed by atoms with Crippen molar-refractivity contribution in [2.24, 2.45) is 0 Å². The van der Waals surface area contributed by atoms with Crippen LogP contribution in [0.3, 0.4) is 0 Å². The van der Waals surface area contributed by atoms with E-state index in [1.807, 2.05) is 91.0 Å². The van der Waals surface area contributed by atoms with Crippen molar-refractivity contribution in [1.29, 1.82) is 0 Å². The summed E-state index contributed by atoms with van der Waals surface area (Å²) >= 11 is 0. The molecule has 0 aliphatic carbocycles. The van der Waals surface area contributed by atoms with Crippen molar-refractivity contribution in [3.05, 3.63) is 194 Å². The molecule has 0 fully saturated rings. The number of benzene rings is 8. The van der Waals surface area contributed by atoms with Gasteiger partial charge in [-0.2, -0.15) is 0 Å². The predicted octanol–water partition coefficient (Wildman–Crippen LogP) is 13.2. The van der Waals surface area contributed by atoms with Gasteiger partial charge in [-0.05, 0) is 58.7 Å². The molecule has 262 valence electrons. The van der Waals surface area contributed by atoms with Gasteiger partial charge in [0.15, 0.2) is 17.5 Å². The Hall–Kier alpha value is -7.63. The second-order valence-electron chi connectivity index (χ2n) is 13.7. The second kappa shape index (κ2) is 13.0. The van der Waals surface area contributed by atoms with Crippen LogP contribution < -0.4 is 0 Å². The first-order valence-corrected chi connectivity index (χ1v) is 18.4. The minimum Gasteiger partial charge on any atom is -0.455 e. The summed E-state index contributed by atoms with van der Waals surface area (Å²) in [5.74, 6) is 1.41. The van der Waals surface area contributed by atoms with E-state index in [1.165, 1.54) is 0 Å². The first-order chi connectivity index (χ1) is 29.8. The maximum Gasteiger partial charge on any atom is 0.167 e. The molecule has 11 rings (SSSR count). The van der Waals surface area contributed by atoms with E-state index in [0.29, 0.717) is 39.8 Å². The zero-order chi connectivity index (χ0) is 41.4. The van der Waals surface area contributed by atoms with Crippen molar-refractivity contribution < 1.29 is 11.3 Å². The predicted molar refractivity (Wildman–Crippen MR) is 229 cm³/mol. The van der Waals surface area contributed by atoms with Crippen LogP contribution in [0.1, 0.15) is 6.85 Å². The number of furan rings is 1. The lowest BCUT2D eigenvalue weighted by Crippen LogP contribution is -2.01. The summed E-state index contributed by atoms with van der Waals surface area (Å²) in [6, 6.07) is 52.7. The van der Waals surface area contributed by atoms with Gasteiger partial charge in [0.2, 0.25) is 0 Å². The minimum absolute atomic E-state index is 0.104. The van der Waals surface area contributed by atoms with Crippen LogP contribution in [-0.2, 0) is 0 Å². The third-order valence-electron chi connectivity index (χ3n) is 10.3. The van der Waals surface area contributed by atoms with E-state index in [9.17, 15) is 0 Å². The third kappa shape index (κ3) is 5.37. The summed E-state index contributed by atoms with van der Waals surface area (Å²) < 4.78 is 51.2. The maximum absolute atomic E-state index is 8.68. The molecule has 0 N–H and O–H groups in total. The lowest BCUT2D eigenvalue weighted by atomic mass is 10.0. The molecule has 56 heavy (non-hydrogen) atoms. The zero-order valence-electron chi connectivity index (χ0n) is 34.8. The normalized spacial score (nSPS) is 12.8. The van der Waals surface area contributed by atoms with Crippen LogP contribution in [0.2, 0.25) is 0 Å². The lowest BCUT2D eigenvalue weighted by Gasteiger charge is -2.13. The number of rotatable bonds is 6. The summed E-state index contributed by atoms with van der Waals surface area (Å²) in [5.41, 5.74) is 8.97. The number of hydrogen-bond acceptors (Lipinski definition) is 4. The van der Waals surface area contributed by atoms with Crippen molar-refractivity contribution in [1.82, 2.24) is 19.5 Å². The van der Waals surface area contributed by atoms with Crippen molar-refractivity contribution in [3.63, 3.8) is 0 Å². The average Bonchev–Trinajstić information content (AvgIpc) is 3.86. The van der Waals surface area contributed by atoms with Gasteiger partial charge in [-0.15, -0.1) is 0 Å². The highest BCUT2D eigenvalue weighted by Gasteiger charge is 2.22. The molecule has 3 aromatic heterocycles. The van der Waals surface area contributed by atoms with Crippen LogP contribution in [0.15, 0.2) is 198 Å². The van der Waals surface area contributed by atoms with Gasteiger partial charge in [0, 0.05) is 38.4 Å². The van der Waals surface area contributed by atoms with Gasteiger partial charge in [0.05, 0.1) is 23.5 Å². The van der Waals surface area contributed by atoms with E-state index < -0.39 is 18.1 Å². The van der Waals surface area contributed by atoms with Gasteiger partial charge in [0.1, 0.15) is 11.2 Å². The first kappa shape index (κ1) is 27.0. The van der Waals surface area contributed by atoms with Crippen molar-refractivity contribution in [2.75, 3.05) is 0 Å². The highest BCUT2D eigenvalue weighted by atomic mass is 16.3. The zero-order valence-corrected chi connectivity index (χ0v) is 29.8. The van der Waals surface area contributed by atoms with Gasteiger partial charge in [-0.25, -0.2) is 15.0 Å². The number of hydrogen-bond donors (Lipinski definition) is 0. The van der Waals surface area contributed by atoms with Crippen LogP contribution in [0.5, 0.6) is 0 Å². The van der Waals surface area contributed by atoms with Crippen molar-refractivity contribution in [2.45, 2.75) is 0 Å². The van der Waals surface area contributed by atoms with E-state index in [2.05, 4.69) is 65.2 Å². The Labute approximate surface area is 329 Å². The van der Waals surface area contributed by atoms with Crippen molar-refractivity contribution in [3.8, 4) is 62.1 Å². The topological polar surface area (TPSA) is 56.7 Å². The Morgan fingerprint density at radius 1 is 0.411 bits per heavy atom. The molecule has 0 saturated carbocycles. The lowest BCUT2D eigenvalue weighted by molar-refractivity contribution is 0.669. The fraction of sp³-hybridized carbons (Fsp3) is 0. The Kier molecular flexibility index (Phi) is 6.29. The van der Waals surface area contributed by atoms with Crippen LogP contribution in [0, 0.1) is 0 Å². The molecule has 0 aliphatic rings. The van der Waals surface area contributed by atoms with Crippen molar-refractivity contribution >= 4 is 43.7 Å². The van der Waals surface area contributed by atoms with Gasteiger partial charge in [-0.3, -0.25) is 0 Å². The van der Waals surface area contributed by atoms with Gasteiger partial charge >= 0.3 is 0 Å². The second-order valence-corrected chi connectivity index (χ2v) is 13.7. The average molecular weight is 722 g/mol. The Bertz CT molecular complexity index is 3450. The van der Waals surface area contributed by atoms with Crippen LogP contribution in [0.25, 0.3) is 106 Å². The maximum atomic E-state index is 8.68. The van der Waals surface area contributed by atoms with Crippen LogP contribution in [0.4, 0.5) is 0 Å². The first-order valence-electron chi connectivity index (χ1n) is 20.9. The van der Waals surface area contributed by atoms with E-state index in [4.69, 9.17) is 26.2 Å². The Morgan fingerprint density at radius 3 is 1.62 bits per heavy atom. The molecule has 11 aromatic rings. The molecule has 0 atom stereocenters. The largest absolute Gasteiger partial charge is 0.455 e. The SMILES string of the molecule is [2H]c1c([2H])c([2H])c(-c2ccc3c(c2)oc2c(-c4nc(-c5ccccc5)nc(-c5ccc(-c6ccccc6)cc5)n4)cc(-n4c5ccccc5c5ccccc54)cc23)c([2H])c1[2H]. The summed E-state index contributed by atoms with van der Waals surface area (Å²) in [7, 11) is 0. The van der Waals surface area contributed by atoms with E-state index in [1.54, 1.807) is 12.1 Å². The molecule has 5 heteroatoms. The minimum atomic E-state index is -0.440. The molecule has 0 amide bonds. The van der Waals surface area contributed by atoms with E-state index >= 15 is 0 Å². The molecular weight excluding hydrogens is 685 g/mol. The van der Waals surface area contributed by atoms with Gasteiger partial charge in [0.25, 0.3) is 0 Å². The summed E-state index contributed by atoms with van der Waals surface area (Å²) in [6.45, 7) is 0. The summed E-state index contributed by atoms with van der Waals surface area (Å²) in [6.07, 6.45) is 0. The Morgan fingerprint density at radius 2 is 0.946 bits per heavy atom. The molecule has 0 saturated heterocycles. The molecule has 0 spiro atoms. The van der Waals surface area contributed by atoms with Crippen LogP contribution in [-0.4, -0.2) is 19.5 Å². The summed E-state index contributed by atoms with van der Waals surface area (Å²) in [5, 5.41) is 3.82. The third-order valence-corrected chi connectivity index (χ3v) is 10.3. The molecular formula is C51H32N4O. The number of nitrogens with zero attached hydrogens (tertiary/aromatic N) is 4. The number of fused-ring (bicyclic) bond motifs is 6. The highest BCUT2D eigenvalue weighted by Crippen LogP contribution is 2.41. The monoisotopic (exact) mass is 721 g/mol. The van der Waals surface area contributed by atoms with Gasteiger partial charge < -0.3 is 8.98 Å². The summed E-state index contributed by atoms with van der Waals surface area (Å²) in [4.78, 5) is 15.4. The van der Waals surface area contributed by atoms with Gasteiger partial charge in [-0.1, -0.05) is 158 Å².